The Hall–Kier alpha value is -0.470. The Morgan fingerprint density at radius 3 is 2.65 bits per heavy atom. The van der Waals surface area contributed by atoms with E-state index in [0.717, 1.165) is 18.1 Å². The molecule has 20 heavy (non-hydrogen) atoms. The van der Waals surface area contributed by atoms with Gasteiger partial charge in [0.1, 0.15) is 0 Å². The predicted octanol–water partition coefficient (Wildman–Crippen LogP) is 0.0694. The number of nitrogens with two attached hydrogens (primary N) is 1. The topological polar surface area (TPSA) is 87.8 Å². The van der Waals surface area contributed by atoms with E-state index in [2.05, 4.69) is 10.3 Å². The molecule has 0 bridgehead atoms. The van der Waals surface area contributed by atoms with Crippen molar-refractivity contribution in [3.63, 3.8) is 0 Å². The monoisotopic (exact) mass is 320 g/mol. The highest BCUT2D eigenvalue weighted by molar-refractivity contribution is 7.99. The van der Waals surface area contributed by atoms with Gasteiger partial charge in [-0.3, -0.25) is 4.99 Å². The molecule has 1 saturated carbocycles. The fourth-order valence-corrected chi connectivity index (χ4v) is 4.71. The summed E-state index contributed by atoms with van der Waals surface area (Å²) < 4.78 is 25.7. The van der Waals surface area contributed by atoms with Crippen molar-refractivity contribution in [1.29, 1.82) is 0 Å². The average molecular weight is 320 g/mol. The van der Waals surface area contributed by atoms with Gasteiger partial charge in [0.05, 0.1) is 5.75 Å². The summed E-state index contributed by atoms with van der Waals surface area (Å²) in [7, 11) is -3.16. The number of hydrogen-bond acceptors (Lipinski definition) is 4. The molecule has 8 heteroatoms. The lowest BCUT2D eigenvalue weighted by Crippen LogP contribution is -2.43. The number of guanidine groups is 1. The van der Waals surface area contributed by atoms with Gasteiger partial charge in [0.15, 0.2) is 5.96 Å². The largest absolute Gasteiger partial charge is 0.370 e. The molecule has 116 valence electrons. The molecule has 6 nitrogen and oxygen atoms in total. The molecule has 0 atom stereocenters. The molecule has 2 fully saturated rings. The summed E-state index contributed by atoms with van der Waals surface area (Å²) >= 11 is 1.80. The van der Waals surface area contributed by atoms with E-state index in [-0.39, 0.29) is 5.75 Å². The minimum absolute atomic E-state index is 0.0807. The maximum Gasteiger partial charge on any atom is 0.215 e. The van der Waals surface area contributed by atoms with Crippen molar-refractivity contribution in [1.82, 2.24) is 9.62 Å². The van der Waals surface area contributed by atoms with Crippen LogP contribution in [0.2, 0.25) is 0 Å². The van der Waals surface area contributed by atoms with Gasteiger partial charge >= 0.3 is 0 Å². The molecule has 2 rings (SSSR count). The number of nitrogens with zero attached hydrogens (tertiary/aromatic N) is 2. The standard InChI is InChI=1S/C12H24N4O2S2/c13-12(15-10-11-2-1-3-11)14-4-9-20(17,18)16-5-7-19-8-6-16/h11H,1-10H2,(H3,13,14,15). The van der Waals surface area contributed by atoms with Gasteiger partial charge in [-0.05, 0) is 18.8 Å². The van der Waals surface area contributed by atoms with Gasteiger partial charge < -0.3 is 11.1 Å². The summed E-state index contributed by atoms with van der Waals surface area (Å²) in [5.74, 6) is 2.89. The van der Waals surface area contributed by atoms with Crippen LogP contribution < -0.4 is 11.1 Å². The molecule has 0 aromatic heterocycles. The molecule has 1 aliphatic carbocycles. The second-order valence-corrected chi connectivity index (χ2v) is 8.59. The first kappa shape index (κ1) is 15.9. The smallest absolute Gasteiger partial charge is 0.215 e. The molecular weight excluding hydrogens is 296 g/mol. The highest BCUT2D eigenvalue weighted by Crippen LogP contribution is 2.26. The molecule has 0 radical (unpaired) electrons. The van der Waals surface area contributed by atoms with Crippen molar-refractivity contribution in [2.24, 2.45) is 16.6 Å². The molecule has 1 saturated heterocycles. The van der Waals surface area contributed by atoms with Crippen molar-refractivity contribution in [3.8, 4) is 0 Å². The highest BCUT2D eigenvalue weighted by atomic mass is 32.2. The molecule has 0 amide bonds. The van der Waals surface area contributed by atoms with Crippen LogP contribution in [0.25, 0.3) is 0 Å². The fraction of sp³-hybridized carbons (Fsp3) is 0.917. The molecule has 0 unspecified atom stereocenters. The zero-order valence-electron chi connectivity index (χ0n) is 11.8. The Labute approximate surface area is 125 Å². The van der Waals surface area contributed by atoms with Crippen LogP contribution in [0.5, 0.6) is 0 Å². The van der Waals surface area contributed by atoms with Crippen molar-refractivity contribution >= 4 is 27.7 Å². The van der Waals surface area contributed by atoms with Gasteiger partial charge in [0.25, 0.3) is 0 Å². The zero-order valence-corrected chi connectivity index (χ0v) is 13.4. The number of hydrogen-bond donors (Lipinski definition) is 2. The molecule has 1 aliphatic heterocycles. The van der Waals surface area contributed by atoms with Crippen LogP contribution in [0.15, 0.2) is 4.99 Å². The van der Waals surface area contributed by atoms with E-state index >= 15 is 0 Å². The molecule has 1 heterocycles. The van der Waals surface area contributed by atoms with Crippen LogP contribution >= 0.6 is 11.8 Å². The normalized spacial score (nSPS) is 22.5. The maximum atomic E-state index is 12.1. The van der Waals surface area contributed by atoms with Crippen molar-refractivity contribution < 1.29 is 8.42 Å². The fourth-order valence-electron chi connectivity index (χ4n) is 2.22. The minimum Gasteiger partial charge on any atom is -0.370 e. The molecule has 0 aromatic carbocycles. The van der Waals surface area contributed by atoms with E-state index in [1.165, 1.54) is 19.3 Å². The van der Waals surface area contributed by atoms with Gasteiger partial charge in [-0.1, -0.05) is 6.42 Å². The summed E-state index contributed by atoms with van der Waals surface area (Å²) in [6, 6.07) is 0. The quantitative estimate of drug-likeness (QED) is 0.534. The Kier molecular flexibility index (Phi) is 5.98. The molecule has 0 spiro atoms. The first-order chi connectivity index (χ1) is 9.58. The Morgan fingerprint density at radius 2 is 2.05 bits per heavy atom. The van der Waals surface area contributed by atoms with Crippen LogP contribution in [0.3, 0.4) is 0 Å². The second-order valence-electron chi connectivity index (χ2n) is 5.28. The van der Waals surface area contributed by atoms with E-state index in [1.54, 1.807) is 16.1 Å². The Bertz CT molecular complexity index is 429. The zero-order chi connectivity index (χ0) is 14.4. The third-order valence-electron chi connectivity index (χ3n) is 3.77. The average Bonchev–Trinajstić information content (AvgIpc) is 2.38. The van der Waals surface area contributed by atoms with Crippen molar-refractivity contribution in [2.75, 3.05) is 43.4 Å². The number of thioether (sulfide) groups is 1. The highest BCUT2D eigenvalue weighted by Gasteiger charge is 2.23. The van der Waals surface area contributed by atoms with Gasteiger partial charge in [0, 0.05) is 37.7 Å². The van der Waals surface area contributed by atoms with Gasteiger partial charge in [-0.15, -0.1) is 0 Å². The van der Waals surface area contributed by atoms with E-state index < -0.39 is 10.0 Å². The van der Waals surface area contributed by atoms with Crippen molar-refractivity contribution in [3.05, 3.63) is 0 Å². The minimum atomic E-state index is -3.16. The second kappa shape index (κ2) is 7.51. The van der Waals surface area contributed by atoms with Crippen LogP contribution in [0.1, 0.15) is 19.3 Å². The SMILES string of the molecule is NC(=NCC1CCC1)NCCS(=O)(=O)N1CCSCC1. The number of sulfonamides is 1. The molecular formula is C12H24N4O2S2. The van der Waals surface area contributed by atoms with Crippen LogP contribution in [-0.4, -0.2) is 62.1 Å². The van der Waals surface area contributed by atoms with E-state index in [0.29, 0.717) is 31.5 Å². The maximum absolute atomic E-state index is 12.1. The third-order valence-corrected chi connectivity index (χ3v) is 6.59. The lowest BCUT2D eigenvalue weighted by Gasteiger charge is -2.25. The summed E-state index contributed by atoms with van der Waals surface area (Å²) in [4.78, 5) is 4.25. The Balaban J connectivity index is 1.68. The first-order valence-electron chi connectivity index (χ1n) is 7.17. The summed E-state index contributed by atoms with van der Waals surface area (Å²) in [5.41, 5.74) is 5.74. The molecule has 3 N–H and O–H groups in total. The van der Waals surface area contributed by atoms with Gasteiger partial charge in [0.2, 0.25) is 10.0 Å². The number of nitrogens with one attached hydrogen (secondary N) is 1. The van der Waals surface area contributed by atoms with E-state index in [1.807, 2.05) is 0 Å². The molecule has 2 aliphatic rings. The lowest BCUT2D eigenvalue weighted by molar-refractivity contribution is 0.326. The first-order valence-corrected chi connectivity index (χ1v) is 9.94. The van der Waals surface area contributed by atoms with Crippen LogP contribution in [0.4, 0.5) is 0 Å². The summed E-state index contributed by atoms with van der Waals surface area (Å²) in [6.45, 7) is 2.33. The summed E-state index contributed by atoms with van der Waals surface area (Å²) in [6.07, 6.45) is 3.76. The number of aliphatic imine (C=N–C) groups is 1. The van der Waals surface area contributed by atoms with Gasteiger partial charge in [-0.25, -0.2) is 12.7 Å². The van der Waals surface area contributed by atoms with Gasteiger partial charge in [-0.2, -0.15) is 11.8 Å². The summed E-state index contributed by atoms with van der Waals surface area (Å²) in [5, 5.41) is 2.90. The van der Waals surface area contributed by atoms with Crippen LogP contribution in [0, 0.1) is 5.92 Å². The Morgan fingerprint density at radius 1 is 1.35 bits per heavy atom. The lowest BCUT2D eigenvalue weighted by atomic mass is 9.86. The molecule has 0 aromatic rings. The van der Waals surface area contributed by atoms with E-state index in [4.69, 9.17) is 5.73 Å². The van der Waals surface area contributed by atoms with Crippen LogP contribution in [-0.2, 0) is 10.0 Å². The predicted molar refractivity (Wildman–Crippen MR) is 84.5 cm³/mol. The van der Waals surface area contributed by atoms with E-state index in [9.17, 15) is 8.42 Å². The van der Waals surface area contributed by atoms with Crippen molar-refractivity contribution in [2.45, 2.75) is 19.3 Å². The number of rotatable bonds is 6. The third kappa shape index (κ3) is 4.82.